The van der Waals surface area contributed by atoms with Crippen LogP contribution in [0, 0.1) is 23.2 Å². The molecule has 13 nitrogen and oxygen atoms in total. The molecule has 0 spiro atoms. The number of imidazole rings is 1. The van der Waals surface area contributed by atoms with Crippen LogP contribution in [0.25, 0.3) is 11.2 Å². The number of fused-ring (bicyclic) bond motifs is 1. The van der Waals surface area contributed by atoms with Crippen LogP contribution in [-0.2, 0) is 18.6 Å². The van der Waals surface area contributed by atoms with Crippen LogP contribution in [0.15, 0.2) is 11.1 Å². The fourth-order valence-electron chi connectivity index (χ4n) is 4.59. The summed E-state index contributed by atoms with van der Waals surface area (Å²) in [5.41, 5.74) is -0.213. The van der Waals surface area contributed by atoms with E-state index in [1.807, 2.05) is 34.6 Å². The Bertz CT molecular complexity index is 1200. The predicted octanol–water partition coefficient (Wildman–Crippen LogP) is 3.29. The van der Waals surface area contributed by atoms with Gasteiger partial charge in [0, 0.05) is 23.9 Å². The molecule has 0 radical (unpaired) electrons. The third kappa shape index (κ3) is 7.01. The zero-order valence-corrected chi connectivity index (χ0v) is 24.5. The maximum Gasteiger partial charge on any atom is 0.280 e. The number of anilines is 1. The number of amides is 1. The molecule has 1 saturated heterocycles. The molecule has 0 saturated carbocycles. The lowest BCUT2D eigenvalue weighted by Crippen LogP contribution is -2.37. The monoisotopic (exact) mass is 565 g/mol. The number of aliphatic hydroxyl groups excluding tert-OH is 1. The molecule has 14 heteroatoms. The van der Waals surface area contributed by atoms with E-state index in [1.165, 1.54) is 6.33 Å². The van der Waals surface area contributed by atoms with Gasteiger partial charge in [-0.25, -0.2) is 9.65 Å². The fourth-order valence-corrected chi connectivity index (χ4v) is 6.36. The number of carbonyl (C=O) groups excluding carboxylic acids is 1. The number of nitriles is 1. The Balaban J connectivity index is 2.06. The number of rotatable bonds is 13. The summed E-state index contributed by atoms with van der Waals surface area (Å²) in [6, 6.07) is 2.25. The minimum absolute atomic E-state index is 0.00189. The molecule has 0 aliphatic carbocycles. The fraction of sp³-hybridized carbons (Fsp3) is 0.720. The number of nitrogens with one attached hydrogen (secondary N) is 2. The van der Waals surface area contributed by atoms with Crippen LogP contribution in [0.4, 0.5) is 5.95 Å². The summed E-state index contributed by atoms with van der Waals surface area (Å²) in [7, 11) is -1.65. The highest BCUT2D eigenvalue weighted by Gasteiger charge is 2.48. The first-order valence-electron chi connectivity index (χ1n) is 13.3. The molecule has 0 bridgehead atoms. The van der Waals surface area contributed by atoms with Crippen molar-refractivity contribution in [3.05, 3.63) is 16.7 Å². The van der Waals surface area contributed by atoms with Gasteiger partial charge in [0.15, 0.2) is 17.4 Å². The molecule has 2 aromatic rings. The molecule has 0 aromatic carbocycles. The van der Waals surface area contributed by atoms with Gasteiger partial charge in [-0.05, 0) is 34.1 Å². The standard InChI is InChI=1S/C25H40N7O6P/c1-8-18-17(12-33)20(38-39(36-11-9-10-26)32(15(4)5)16(6)7)24(37-18)31-13-27-19-21(31)28-25(30-23(19)35)29-22(34)14(2)3/h13-18,20,24,33H,8-9,11-12H2,1-7H3,(H2,28,29,30,34,35). The van der Waals surface area contributed by atoms with Crippen molar-refractivity contribution in [3.8, 4) is 6.07 Å². The van der Waals surface area contributed by atoms with Gasteiger partial charge in [0.25, 0.3) is 14.1 Å². The summed E-state index contributed by atoms with van der Waals surface area (Å²) >= 11 is 0. The van der Waals surface area contributed by atoms with Gasteiger partial charge >= 0.3 is 0 Å². The third-order valence-electron chi connectivity index (χ3n) is 6.45. The molecule has 5 atom stereocenters. The summed E-state index contributed by atoms with van der Waals surface area (Å²) in [6.45, 7) is 13.6. The highest BCUT2D eigenvalue weighted by Crippen LogP contribution is 2.52. The van der Waals surface area contributed by atoms with E-state index in [0.717, 1.165) is 0 Å². The van der Waals surface area contributed by atoms with Crippen LogP contribution in [0.2, 0.25) is 0 Å². The molecule has 216 valence electrons. The second kappa shape index (κ2) is 13.7. The largest absolute Gasteiger partial charge is 0.396 e. The van der Waals surface area contributed by atoms with Gasteiger partial charge in [-0.2, -0.15) is 10.2 Å². The number of nitrogens with zero attached hydrogens (tertiary/aromatic N) is 5. The normalized spacial score (nSPS) is 22.3. The minimum Gasteiger partial charge on any atom is -0.396 e. The maximum atomic E-state index is 12.8. The molecule has 1 aliphatic rings. The molecule has 3 heterocycles. The molecular weight excluding hydrogens is 525 g/mol. The molecule has 1 fully saturated rings. The van der Waals surface area contributed by atoms with Gasteiger partial charge in [0.1, 0.15) is 6.10 Å². The lowest BCUT2D eigenvalue weighted by atomic mass is 9.97. The van der Waals surface area contributed by atoms with E-state index in [0.29, 0.717) is 6.42 Å². The molecule has 39 heavy (non-hydrogen) atoms. The maximum absolute atomic E-state index is 12.8. The molecule has 5 unspecified atom stereocenters. The van der Waals surface area contributed by atoms with Gasteiger partial charge in [-0.1, -0.05) is 20.8 Å². The second-order valence-corrected chi connectivity index (χ2v) is 11.7. The first kappa shape index (κ1) is 31.1. The van der Waals surface area contributed by atoms with Crippen LogP contribution in [-0.4, -0.2) is 72.7 Å². The van der Waals surface area contributed by atoms with E-state index in [9.17, 15) is 14.7 Å². The zero-order valence-electron chi connectivity index (χ0n) is 23.6. The number of aliphatic hydroxyl groups is 1. The molecular formula is C25H40N7O6P. The number of hydrogen-bond donors (Lipinski definition) is 3. The van der Waals surface area contributed by atoms with Crippen molar-refractivity contribution in [2.45, 2.75) is 91.8 Å². The van der Waals surface area contributed by atoms with E-state index in [1.54, 1.807) is 18.4 Å². The quantitative estimate of drug-likeness (QED) is 0.242. The predicted molar refractivity (Wildman–Crippen MR) is 146 cm³/mol. The summed E-state index contributed by atoms with van der Waals surface area (Å²) in [5, 5.41) is 22.1. The number of H-pyrrole nitrogens is 1. The van der Waals surface area contributed by atoms with Crippen molar-refractivity contribution in [1.82, 2.24) is 24.2 Å². The van der Waals surface area contributed by atoms with Crippen molar-refractivity contribution in [2.75, 3.05) is 18.5 Å². The lowest BCUT2D eigenvalue weighted by Gasteiger charge is -2.38. The van der Waals surface area contributed by atoms with Crippen molar-refractivity contribution in [3.63, 3.8) is 0 Å². The molecule has 1 amide bonds. The average Bonchev–Trinajstić information content (AvgIpc) is 3.44. The van der Waals surface area contributed by atoms with Crippen LogP contribution in [0.1, 0.15) is 67.5 Å². The second-order valence-electron chi connectivity index (χ2n) is 10.3. The molecule has 3 rings (SSSR count). The molecule has 2 aromatic heterocycles. The van der Waals surface area contributed by atoms with Crippen LogP contribution >= 0.6 is 8.53 Å². The molecule has 3 N–H and O–H groups in total. The number of aromatic nitrogens is 4. The Labute approximate surface area is 229 Å². The summed E-state index contributed by atoms with van der Waals surface area (Å²) < 4.78 is 22.9. The van der Waals surface area contributed by atoms with E-state index in [-0.39, 0.29) is 66.8 Å². The van der Waals surface area contributed by atoms with Gasteiger partial charge in [-0.3, -0.25) is 24.5 Å². The lowest BCUT2D eigenvalue weighted by molar-refractivity contribution is -0.118. The third-order valence-corrected chi connectivity index (χ3v) is 8.58. The molecule has 1 aliphatic heterocycles. The number of ether oxygens (including phenoxy) is 1. The topological polar surface area (TPSA) is 168 Å². The van der Waals surface area contributed by atoms with E-state index in [4.69, 9.17) is 19.0 Å². The van der Waals surface area contributed by atoms with Gasteiger partial charge < -0.3 is 18.9 Å². The van der Waals surface area contributed by atoms with E-state index >= 15 is 0 Å². The summed E-state index contributed by atoms with van der Waals surface area (Å²) in [4.78, 5) is 36.3. The number of hydrogen-bond acceptors (Lipinski definition) is 10. The average molecular weight is 566 g/mol. The number of carbonyl (C=O) groups is 1. The zero-order chi connectivity index (χ0) is 28.9. The summed E-state index contributed by atoms with van der Waals surface area (Å²) in [6.07, 6.45) is 0.471. The van der Waals surface area contributed by atoms with E-state index in [2.05, 4.69) is 31.0 Å². The van der Waals surface area contributed by atoms with Crippen molar-refractivity contribution in [1.29, 1.82) is 5.26 Å². The smallest absolute Gasteiger partial charge is 0.280 e. The van der Waals surface area contributed by atoms with Crippen molar-refractivity contribution >= 4 is 31.5 Å². The Kier molecular flexibility index (Phi) is 11.0. The highest BCUT2D eigenvalue weighted by molar-refractivity contribution is 7.44. The summed E-state index contributed by atoms with van der Waals surface area (Å²) in [5.74, 6) is -1.00. The van der Waals surface area contributed by atoms with Crippen LogP contribution in [0.5, 0.6) is 0 Å². The Morgan fingerprint density at radius 3 is 2.59 bits per heavy atom. The van der Waals surface area contributed by atoms with Gasteiger partial charge in [0.05, 0.1) is 38.1 Å². The first-order valence-corrected chi connectivity index (χ1v) is 14.5. The van der Waals surface area contributed by atoms with Gasteiger partial charge in [0.2, 0.25) is 11.9 Å². The van der Waals surface area contributed by atoms with E-state index < -0.39 is 32.3 Å². The van der Waals surface area contributed by atoms with Crippen molar-refractivity contribution in [2.24, 2.45) is 11.8 Å². The van der Waals surface area contributed by atoms with Crippen LogP contribution in [0.3, 0.4) is 0 Å². The van der Waals surface area contributed by atoms with Crippen LogP contribution < -0.4 is 10.9 Å². The Morgan fingerprint density at radius 2 is 2.03 bits per heavy atom. The first-order chi connectivity index (χ1) is 18.5. The number of aromatic amines is 1. The minimum atomic E-state index is -1.65. The Hall–Kier alpha value is -2.46. The Morgan fingerprint density at radius 1 is 1.33 bits per heavy atom. The van der Waals surface area contributed by atoms with Crippen molar-refractivity contribution < 1.29 is 23.7 Å². The van der Waals surface area contributed by atoms with Gasteiger partial charge in [-0.15, -0.1) is 0 Å². The highest BCUT2D eigenvalue weighted by atomic mass is 31.2. The SMILES string of the molecule is CCC1OC(n2cnc3c(=O)[nH]c(NC(=O)C(C)C)nc32)C(OP(OCCC#N)N(C(C)C)C(C)C)C1CO.